The molecular formula is C24H29N5O5S. The molecule has 2 fully saturated rings. The number of nitrogens with zero attached hydrogens (tertiary/aromatic N) is 2. The van der Waals surface area contributed by atoms with E-state index in [9.17, 15) is 19.2 Å². The van der Waals surface area contributed by atoms with Crippen LogP contribution in [0.4, 0.5) is 5.13 Å². The molecule has 3 amide bonds. The summed E-state index contributed by atoms with van der Waals surface area (Å²) in [6.07, 6.45) is 2.51. The van der Waals surface area contributed by atoms with E-state index in [4.69, 9.17) is 4.74 Å². The summed E-state index contributed by atoms with van der Waals surface area (Å²) in [5, 5.41) is 10.9. The number of esters is 1. The monoisotopic (exact) mass is 499 g/mol. The van der Waals surface area contributed by atoms with Crippen LogP contribution in [0, 0.1) is 0 Å². The molecule has 2 heterocycles. The molecule has 1 saturated carbocycles. The summed E-state index contributed by atoms with van der Waals surface area (Å²) >= 11 is 1.54. The van der Waals surface area contributed by atoms with Gasteiger partial charge in [-0.05, 0) is 25.0 Å². The second-order valence-corrected chi connectivity index (χ2v) is 9.91. The van der Waals surface area contributed by atoms with Crippen LogP contribution < -0.4 is 20.9 Å². The lowest BCUT2D eigenvalue weighted by atomic mass is 9.80. The van der Waals surface area contributed by atoms with Crippen molar-refractivity contribution in [2.75, 3.05) is 19.0 Å². The number of nitrogens with one attached hydrogen (secondary N) is 3. The third-order valence-electron chi connectivity index (χ3n) is 6.26. The standard InChI is InChI=1S/C24H29N5O5S/c1-14(30)34-21-18(20(32)27-21)26-22(33)24(11-5-4-6-12-24)28-19(31)16-9-7-15(8-10-16)17-13-35-23(25-17)29(2)3/h7-10,13,18,21H,4-6,11-12H2,1-3H3,(H,26,33)(H,27,32)(H,28,31)/t18-,21+/m1/s1. The fourth-order valence-electron chi connectivity index (χ4n) is 4.30. The predicted molar refractivity (Wildman–Crippen MR) is 131 cm³/mol. The van der Waals surface area contributed by atoms with Crippen LogP contribution in [0.3, 0.4) is 0 Å². The number of hydrogen-bond acceptors (Lipinski definition) is 8. The van der Waals surface area contributed by atoms with Crippen LogP contribution in [0.2, 0.25) is 0 Å². The molecule has 2 aliphatic rings. The van der Waals surface area contributed by atoms with Crippen molar-refractivity contribution < 1.29 is 23.9 Å². The van der Waals surface area contributed by atoms with Gasteiger partial charge in [0.05, 0.1) is 5.69 Å². The molecule has 0 unspecified atom stereocenters. The third kappa shape index (κ3) is 5.29. The van der Waals surface area contributed by atoms with Gasteiger partial charge in [-0.2, -0.15) is 0 Å². The van der Waals surface area contributed by atoms with Gasteiger partial charge in [0.1, 0.15) is 5.54 Å². The average molecular weight is 500 g/mol. The maximum Gasteiger partial charge on any atom is 0.304 e. The highest BCUT2D eigenvalue weighted by atomic mass is 32.1. The zero-order valence-electron chi connectivity index (χ0n) is 19.9. The molecule has 1 saturated heterocycles. The normalized spacial score (nSPS) is 20.7. The Labute approximate surface area is 207 Å². The highest BCUT2D eigenvalue weighted by Crippen LogP contribution is 2.30. The predicted octanol–water partition coefficient (Wildman–Crippen LogP) is 1.81. The molecule has 1 aromatic carbocycles. The van der Waals surface area contributed by atoms with Gasteiger partial charge in [0, 0.05) is 37.5 Å². The van der Waals surface area contributed by atoms with Crippen molar-refractivity contribution in [3.63, 3.8) is 0 Å². The molecule has 0 radical (unpaired) electrons. The number of carbonyl (C=O) groups is 4. The zero-order chi connectivity index (χ0) is 25.2. The molecule has 35 heavy (non-hydrogen) atoms. The number of carbonyl (C=O) groups excluding carboxylic acids is 4. The van der Waals surface area contributed by atoms with E-state index in [1.165, 1.54) is 18.3 Å². The molecule has 1 aliphatic heterocycles. The number of thiazole rings is 1. The smallest absolute Gasteiger partial charge is 0.304 e. The van der Waals surface area contributed by atoms with Gasteiger partial charge in [-0.15, -0.1) is 11.3 Å². The lowest BCUT2D eigenvalue weighted by Gasteiger charge is -2.41. The van der Waals surface area contributed by atoms with Crippen LogP contribution >= 0.6 is 11.3 Å². The van der Waals surface area contributed by atoms with E-state index in [2.05, 4.69) is 20.9 Å². The van der Waals surface area contributed by atoms with Crippen molar-refractivity contribution >= 4 is 40.2 Å². The Kier molecular flexibility index (Phi) is 7.06. The Morgan fingerprint density at radius 3 is 2.40 bits per heavy atom. The minimum Gasteiger partial charge on any atom is -0.439 e. The lowest BCUT2D eigenvalue weighted by molar-refractivity contribution is -0.165. The fourth-order valence-corrected chi connectivity index (χ4v) is 5.07. The number of aromatic nitrogens is 1. The molecule has 1 aliphatic carbocycles. The van der Waals surface area contributed by atoms with Gasteiger partial charge in [-0.3, -0.25) is 19.2 Å². The number of benzene rings is 1. The maximum absolute atomic E-state index is 13.3. The highest BCUT2D eigenvalue weighted by Gasteiger charge is 2.48. The SMILES string of the molecule is CC(=O)O[C@@H]1NC(=O)[C@H]1NC(=O)C1(NC(=O)c2ccc(-c3csc(N(C)C)n3)cc2)CCCCC1. The van der Waals surface area contributed by atoms with Crippen molar-refractivity contribution in [3.8, 4) is 11.3 Å². The van der Waals surface area contributed by atoms with Crippen LogP contribution in [0.5, 0.6) is 0 Å². The largest absolute Gasteiger partial charge is 0.439 e. The Morgan fingerprint density at radius 1 is 1.14 bits per heavy atom. The van der Waals surface area contributed by atoms with E-state index in [0.29, 0.717) is 18.4 Å². The van der Waals surface area contributed by atoms with Gasteiger partial charge in [-0.25, -0.2) is 4.98 Å². The molecule has 3 N–H and O–H groups in total. The number of β-lactam (4-membered cyclic amide) rings is 1. The van der Waals surface area contributed by atoms with E-state index >= 15 is 0 Å². The molecule has 1 aromatic heterocycles. The molecule has 11 heteroatoms. The first-order valence-electron chi connectivity index (χ1n) is 11.5. The molecule has 0 spiro atoms. The highest BCUT2D eigenvalue weighted by molar-refractivity contribution is 7.14. The van der Waals surface area contributed by atoms with Crippen molar-refractivity contribution in [1.82, 2.24) is 20.9 Å². The summed E-state index contributed by atoms with van der Waals surface area (Å²) in [6, 6.07) is 6.11. The molecule has 10 nitrogen and oxygen atoms in total. The number of amides is 3. The van der Waals surface area contributed by atoms with Crippen LogP contribution in [0.1, 0.15) is 49.4 Å². The van der Waals surface area contributed by atoms with E-state index in [1.807, 2.05) is 36.5 Å². The van der Waals surface area contributed by atoms with Gasteiger partial charge in [0.2, 0.25) is 12.1 Å². The quantitative estimate of drug-likeness (QED) is 0.391. The molecule has 2 aromatic rings. The molecule has 186 valence electrons. The van der Waals surface area contributed by atoms with E-state index in [1.54, 1.807) is 12.1 Å². The second kappa shape index (κ2) is 10.0. The minimum absolute atomic E-state index is 0.365. The number of anilines is 1. The van der Waals surface area contributed by atoms with Crippen LogP contribution in [-0.4, -0.2) is 60.6 Å². The van der Waals surface area contributed by atoms with Gasteiger partial charge >= 0.3 is 5.97 Å². The fraction of sp³-hybridized carbons (Fsp3) is 0.458. The Bertz CT molecular complexity index is 1120. The van der Waals surface area contributed by atoms with Gasteiger partial charge in [0.15, 0.2) is 11.2 Å². The van der Waals surface area contributed by atoms with Crippen LogP contribution in [-0.2, 0) is 19.1 Å². The Balaban J connectivity index is 1.47. The molecule has 0 bridgehead atoms. The van der Waals surface area contributed by atoms with Crippen molar-refractivity contribution in [3.05, 3.63) is 35.2 Å². The van der Waals surface area contributed by atoms with Gasteiger partial charge in [-0.1, -0.05) is 31.4 Å². The second-order valence-electron chi connectivity index (χ2n) is 9.07. The van der Waals surface area contributed by atoms with Gasteiger partial charge in [0.25, 0.3) is 11.8 Å². The summed E-state index contributed by atoms with van der Waals surface area (Å²) in [5.74, 6) is -1.81. The Hall–Kier alpha value is -3.47. The van der Waals surface area contributed by atoms with E-state index in [-0.39, 0.29) is 5.91 Å². The molecule has 4 rings (SSSR count). The maximum atomic E-state index is 13.3. The van der Waals surface area contributed by atoms with Crippen molar-refractivity contribution in [2.24, 2.45) is 0 Å². The molecule has 2 atom stereocenters. The summed E-state index contributed by atoms with van der Waals surface area (Å²) in [5.41, 5.74) is 1.01. The number of hydrogen-bond donors (Lipinski definition) is 3. The van der Waals surface area contributed by atoms with E-state index < -0.39 is 35.6 Å². The first-order valence-corrected chi connectivity index (χ1v) is 12.4. The topological polar surface area (TPSA) is 130 Å². The average Bonchev–Trinajstić information content (AvgIpc) is 3.33. The minimum atomic E-state index is -1.14. The summed E-state index contributed by atoms with van der Waals surface area (Å²) < 4.78 is 5.02. The number of rotatable bonds is 7. The third-order valence-corrected chi connectivity index (χ3v) is 7.27. The van der Waals surface area contributed by atoms with Crippen LogP contribution in [0.25, 0.3) is 11.3 Å². The lowest BCUT2D eigenvalue weighted by Crippen LogP contribution is -2.73. The summed E-state index contributed by atoms with van der Waals surface area (Å²) in [4.78, 5) is 56.2. The summed E-state index contributed by atoms with van der Waals surface area (Å²) in [7, 11) is 3.86. The Morgan fingerprint density at radius 2 is 1.83 bits per heavy atom. The first kappa shape index (κ1) is 24.6. The van der Waals surface area contributed by atoms with Crippen LogP contribution in [0.15, 0.2) is 29.6 Å². The van der Waals surface area contributed by atoms with Gasteiger partial charge < -0.3 is 25.6 Å². The van der Waals surface area contributed by atoms with E-state index in [0.717, 1.165) is 35.7 Å². The number of ether oxygens (including phenoxy) is 1. The van der Waals surface area contributed by atoms with Crippen molar-refractivity contribution in [1.29, 1.82) is 0 Å². The zero-order valence-corrected chi connectivity index (χ0v) is 20.7. The summed E-state index contributed by atoms with van der Waals surface area (Å²) in [6.45, 7) is 1.23. The van der Waals surface area contributed by atoms with Crippen molar-refractivity contribution in [2.45, 2.75) is 56.8 Å². The first-order chi connectivity index (χ1) is 16.7. The molecular weight excluding hydrogens is 470 g/mol.